The number of hydrogen-bond acceptors (Lipinski definition) is 1. The third-order valence-corrected chi connectivity index (χ3v) is 3.17. The molecule has 0 fully saturated rings. The van der Waals surface area contributed by atoms with Crippen molar-refractivity contribution in [3.05, 3.63) is 65.5 Å². The van der Waals surface area contributed by atoms with Crippen LogP contribution in [0.2, 0.25) is 10.0 Å². The molecule has 1 N–H and O–H groups in total. The van der Waals surface area contributed by atoms with Crippen molar-refractivity contribution in [1.82, 2.24) is 0 Å². The Hall–Kier alpha value is -0.332. The van der Waals surface area contributed by atoms with Crippen molar-refractivity contribution in [1.29, 1.82) is 0 Å². The molecule has 2 aromatic rings. The molecular formula is C17H18Cl2OW. The van der Waals surface area contributed by atoms with E-state index in [2.05, 4.69) is 13.0 Å². The van der Waals surface area contributed by atoms with Gasteiger partial charge in [0.1, 0.15) is 0 Å². The minimum atomic E-state index is 0. The maximum absolute atomic E-state index is 8.17. The van der Waals surface area contributed by atoms with E-state index in [1.807, 2.05) is 36.4 Å². The molecule has 2 rings (SSSR count). The van der Waals surface area contributed by atoms with Crippen LogP contribution >= 0.6 is 23.2 Å². The van der Waals surface area contributed by atoms with Crippen LogP contribution in [0, 0.1) is 13.0 Å². The quantitative estimate of drug-likeness (QED) is 0.445. The van der Waals surface area contributed by atoms with E-state index in [0.29, 0.717) is 16.7 Å². The molecule has 2 aromatic carbocycles. The largest absolute Gasteiger partial charge is 2.00 e. The summed E-state index contributed by atoms with van der Waals surface area (Å²) in [6.45, 7) is 3.93. The SMILES string of the molecule is Clc1ccc(-c2cc[c-]cc2)c(Cl)c1.[CH2-]CCCCO.[W+2]. The van der Waals surface area contributed by atoms with E-state index in [-0.39, 0.29) is 21.1 Å². The maximum Gasteiger partial charge on any atom is 2.00 e. The second-order valence-corrected chi connectivity index (χ2v) is 5.04. The van der Waals surface area contributed by atoms with Crippen molar-refractivity contribution >= 4 is 23.2 Å². The normalized spacial score (nSPS) is 9.33. The monoisotopic (exact) mass is 492 g/mol. The third kappa shape index (κ3) is 8.02. The molecule has 0 amide bonds. The van der Waals surface area contributed by atoms with Gasteiger partial charge in [0.2, 0.25) is 0 Å². The Morgan fingerprint density at radius 3 is 2.19 bits per heavy atom. The van der Waals surface area contributed by atoms with E-state index in [0.717, 1.165) is 30.4 Å². The van der Waals surface area contributed by atoms with E-state index in [1.54, 1.807) is 6.07 Å². The molecule has 0 unspecified atom stereocenters. The number of aliphatic hydroxyl groups is 1. The molecule has 0 heterocycles. The molecule has 112 valence electrons. The summed E-state index contributed by atoms with van der Waals surface area (Å²) in [5.74, 6) is 0. The minimum Gasteiger partial charge on any atom is -0.396 e. The number of rotatable bonds is 4. The van der Waals surface area contributed by atoms with Crippen LogP contribution in [-0.2, 0) is 21.1 Å². The average molecular weight is 493 g/mol. The van der Waals surface area contributed by atoms with Crippen LogP contribution < -0.4 is 0 Å². The smallest absolute Gasteiger partial charge is 0.396 e. The number of unbranched alkanes of at least 4 members (excludes halogenated alkanes) is 2. The van der Waals surface area contributed by atoms with Crippen LogP contribution in [0.3, 0.4) is 0 Å². The van der Waals surface area contributed by atoms with Crippen LogP contribution in [0.1, 0.15) is 19.3 Å². The number of hydrogen-bond donors (Lipinski definition) is 1. The first kappa shape index (κ1) is 20.7. The summed E-state index contributed by atoms with van der Waals surface area (Å²) in [5.41, 5.74) is 2.07. The van der Waals surface area contributed by atoms with E-state index in [9.17, 15) is 0 Å². The summed E-state index contributed by atoms with van der Waals surface area (Å²) in [5, 5.41) is 9.49. The zero-order chi connectivity index (χ0) is 14.8. The topological polar surface area (TPSA) is 20.2 Å². The van der Waals surface area contributed by atoms with Gasteiger partial charge in [0.05, 0.1) is 0 Å². The van der Waals surface area contributed by atoms with Gasteiger partial charge < -0.3 is 12.0 Å². The predicted octanol–water partition coefficient (Wildman–Crippen LogP) is 5.44. The van der Waals surface area contributed by atoms with Crippen molar-refractivity contribution in [2.45, 2.75) is 19.3 Å². The second kappa shape index (κ2) is 12.2. The molecule has 0 aliphatic rings. The van der Waals surface area contributed by atoms with Gasteiger partial charge in [0, 0.05) is 16.7 Å². The van der Waals surface area contributed by atoms with Crippen LogP contribution in [0.4, 0.5) is 0 Å². The van der Waals surface area contributed by atoms with E-state index in [1.165, 1.54) is 0 Å². The Kier molecular flexibility index (Phi) is 12.0. The fourth-order valence-electron chi connectivity index (χ4n) is 1.58. The van der Waals surface area contributed by atoms with Crippen molar-refractivity contribution in [2.75, 3.05) is 6.61 Å². The van der Waals surface area contributed by atoms with Crippen LogP contribution in [-0.4, -0.2) is 11.7 Å². The summed E-state index contributed by atoms with van der Waals surface area (Å²) in [6.07, 6.45) is 2.90. The van der Waals surface area contributed by atoms with Crippen molar-refractivity contribution in [3.8, 4) is 11.1 Å². The Balaban J connectivity index is 0.000000495. The number of halogens is 2. The molecule has 0 bridgehead atoms. The molecule has 0 aromatic heterocycles. The summed E-state index contributed by atoms with van der Waals surface area (Å²) in [7, 11) is 0. The molecule has 4 heteroatoms. The molecule has 21 heavy (non-hydrogen) atoms. The van der Waals surface area contributed by atoms with Crippen LogP contribution in [0.5, 0.6) is 0 Å². The summed E-state index contributed by atoms with van der Waals surface area (Å²) in [6, 6.07) is 16.1. The molecule has 1 nitrogen and oxygen atoms in total. The maximum atomic E-state index is 8.17. The first-order chi connectivity index (χ1) is 9.69. The number of benzene rings is 2. The predicted molar refractivity (Wildman–Crippen MR) is 87.0 cm³/mol. The molecule has 0 spiro atoms. The van der Waals surface area contributed by atoms with Gasteiger partial charge in [-0.05, 0) is 24.1 Å². The summed E-state index contributed by atoms with van der Waals surface area (Å²) >= 11 is 11.9. The van der Waals surface area contributed by atoms with Gasteiger partial charge in [-0.2, -0.15) is 36.8 Å². The standard InChI is InChI=1S/C12H7Cl2.C5H11O.W/c13-10-6-7-11(12(14)8-10)9-4-2-1-3-5-9;1-2-3-4-5-6;/h2-8H;6H,1-5H2;/q2*-1;+2. The van der Waals surface area contributed by atoms with Crippen molar-refractivity contribution < 1.29 is 26.2 Å². The van der Waals surface area contributed by atoms with Gasteiger partial charge in [-0.1, -0.05) is 35.7 Å². The Labute approximate surface area is 151 Å². The van der Waals surface area contributed by atoms with Gasteiger partial charge in [-0.25, -0.2) is 0 Å². The molecule has 0 saturated carbocycles. The third-order valence-electron chi connectivity index (χ3n) is 2.62. The zero-order valence-electron chi connectivity index (χ0n) is 11.7. The number of aliphatic hydroxyl groups excluding tert-OH is 1. The van der Waals surface area contributed by atoms with Gasteiger partial charge in [-0.3, -0.25) is 0 Å². The Morgan fingerprint density at radius 1 is 1.05 bits per heavy atom. The van der Waals surface area contributed by atoms with E-state index < -0.39 is 0 Å². The zero-order valence-corrected chi connectivity index (χ0v) is 16.1. The molecule has 0 radical (unpaired) electrons. The van der Waals surface area contributed by atoms with Crippen molar-refractivity contribution in [2.24, 2.45) is 0 Å². The molecular weight excluding hydrogens is 475 g/mol. The van der Waals surface area contributed by atoms with Crippen LogP contribution in [0.25, 0.3) is 11.1 Å². The fourth-order valence-corrected chi connectivity index (χ4v) is 2.10. The first-order valence-corrected chi connectivity index (χ1v) is 7.26. The van der Waals surface area contributed by atoms with Gasteiger partial charge in [0.15, 0.2) is 0 Å². The molecule has 0 aliphatic carbocycles. The second-order valence-electron chi connectivity index (χ2n) is 4.20. The van der Waals surface area contributed by atoms with E-state index >= 15 is 0 Å². The fraction of sp³-hybridized carbons (Fsp3) is 0.235. The molecule has 0 aliphatic heterocycles. The van der Waals surface area contributed by atoms with Gasteiger partial charge >= 0.3 is 21.1 Å². The van der Waals surface area contributed by atoms with Gasteiger partial charge in [-0.15, -0.1) is 5.56 Å². The van der Waals surface area contributed by atoms with E-state index in [4.69, 9.17) is 28.3 Å². The van der Waals surface area contributed by atoms with Gasteiger partial charge in [0.25, 0.3) is 0 Å². The molecule has 0 saturated heterocycles. The summed E-state index contributed by atoms with van der Waals surface area (Å²) in [4.78, 5) is 0. The Morgan fingerprint density at radius 2 is 1.71 bits per heavy atom. The summed E-state index contributed by atoms with van der Waals surface area (Å²) < 4.78 is 0. The average Bonchev–Trinajstić information content (AvgIpc) is 2.47. The first-order valence-electron chi connectivity index (χ1n) is 6.50. The van der Waals surface area contributed by atoms with Crippen molar-refractivity contribution in [3.63, 3.8) is 0 Å². The van der Waals surface area contributed by atoms with Crippen LogP contribution in [0.15, 0.2) is 42.5 Å². The molecule has 0 atom stereocenters. The minimum absolute atomic E-state index is 0. The Bertz CT molecular complexity index is 499.